The molecular formula is C24H20N6O3. The highest BCUT2D eigenvalue weighted by atomic mass is 16.5. The van der Waals surface area contributed by atoms with E-state index in [-0.39, 0.29) is 0 Å². The molecule has 1 aliphatic heterocycles. The molecule has 9 heteroatoms. The van der Waals surface area contributed by atoms with Gasteiger partial charge in [-0.25, -0.2) is 14.8 Å². The van der Waals surface area contributed by atoms with Gasteiger partial charge in [0.1, 0.15) is 23.5 Å². The number of benzene rings is 1. The van der Waals surface area contributed by atoms with Gasteiger partial charge in [-0.15, -0.1) is 0 Å². The summed E-state index contributed by atoms with van der Waals surface area (Å²) < 4.78 is 12.8. The normalized spacial score (nSPS) is 13.2. The van der Waals surface area contributed by atoms with E-state index in [0.29, 0.717) is 42.4 Å². The van der Waals surface area contributed by atoms with Crippen LogP contribution in [0.4, 0.5) is 5.82 Å². The Labute approximate surface area is 188 Å². The molecule has 164 valence electrons. The number of esters is 1. The van der Waals surface area contributed by atoms with Crippen LogP contribution in [0.25, 0.3) is 27.9 Å². The summed E-state index contributed by atoms with van der Waals surface area (Å²) in [5, 5.41) is 5.41. The molecule has 0 atom stereocenters. The Hall–Kier alpha value is -4.40. The van der Waals surface area contributed by atoms with Gasteiger partial charge in [0.15, 0.2) is 17.2 Å². The first kappa shape index (κ1) is 19.3. The van der Waals surface area contributed by atoms with Crippen molar-refractivity contribution in [1.82, 2.24) is 24.6 Å². The van der Waals surface area contributed by atoms with E-state index in [1.807, 2.05) is 36.5 Å². The zero-order chi connectivity index (χ0) is 22.4. The van der Waals surface area contributed by atoms with E-state index in [1.54, 1.807) is 10.7 Å². The second-order valence-corrected chi connectivity index (χ2v) is 7.76. The molecule has 0 amide bonds. The van der Waals surface area contributed by atoms with Crippen LogP contribution in [0.2, 0.25) is 0 Å². The number of fused-ring (bicyclic) bond motifs is 4. The molecule has 33 heavy (non-hydrogen) atoms. The Morgan fingerprint density at radius 3 is 2.94 bits per heavy atom. The number of hydrogen-bond acceptors (Lipinski definition) is 7. The lowest BCUT2D eigenvalue weighted by atomic mass is 10.1. The molecule has 0 unspecified atom stereocenters. The molecule has 0 saturated heterocycles. The molecule has 1 aliphatic rings. The molecule has 0 radical (unpaired) electrons. The number of rotatable bonds is 4. The third kappa shape index (κ3) is 3.08. The van der Waals surface area contributed by atoms with Gasteiger partial charge in [-0.2, -0.15) is 9.61 Å². The Morgan fingerprint density at radius 2 is 2.09 bits per heavy atom. The third-order valence-electron chi connectivity index (χ3n) is 5.82. The Morgan fingerprint density at radius 1 is 1.21 bits per heavy atom. The fraction of sp³-hybridized carbons (Fsp3) is 0.167. The predicted molar refractivity (Wildman–Crippen MR) is 122 cm³/mol. The van der Waals surface area contributed by atoms with Crippen LogP contribution in [0.3, 0.4) is 0 Å². The van der Waals surface area contributed by atoms with Crippen molar-refractivity contribution in [3.8, 4) is 17.0 Å². The molecule has 1 N–H and O–H groups in total. The van der Waals surface area contributed by atoms with Gasteiger partial charge in [0.05, 0.1) is 19.9 Å². The summed E-state index contributed by atoms with van der Waals surface area (Å²) >= 11 is 0. The number of pyridine rings is 1. The van der Waals surface area contributed by atoms with E-state index in [0.717, 1.165) is 28.0 Å². The summed E-state index contributed by atoms with van der Waals surface area (Å²) in [5.41, 5.74) is 4.09. The smallest absolute Gasteiger partial charge is 0.343 e. The Bertz CT molecular complexity index is 1490. The van der Waals surface area contributed by atoms with Crippen LogP contribution in [-0.2, 0) is 11.3 Å². The Kier molecular flexibility index (Phi) is 4.46. The molecule has 5 heterocycles. The number of carbonyl (C=O) groups is 1. The van der Waals surface area contributed by atoms with Crippen molar-refractivity contribution in [3.63, 3.8) is 0 Å². The molecule has 0 spiro atoms. The highest BCUT2D eigenvalue weighted by molar-refractivity contribution is 5.99. The lowest BCUT2D eigenvalue weighted by Gasteiger charge is -2.32. The zero-order valence-electron chi connectivity index (χ0n) is 17.9. The minimum absolute atomic E-state index is 0.296. The number of aromatic nitrogens is 5. The number of anilines is 1. The number of nitrogens with zero attached hydrogens (tertiary/aromatic N) is 5. The van der Waals surface area contributed by atoms with Crippen molar-refractivity contribution < 1.29 is 14.3 Å². The largest absolute Gasteiger partial charge is 0.486 e. The molecule has 0 saturated carbocycles. The van der Waals surface area contributed by atoms with Crippen molar-refractivity contribution >= 4 is 28.5 Å². The van der Waals surface area contributed by atoms with Crippen LogP contribution >= 0.6 is 0 Å². The van der Waals surface area contributed by atoms with Gasteiger partial charge in [0.2, 0.25) is 0 Å². The van der Waals surface area contributed by atoms with Gasteiger partial charge < -0.3 is 19.4 Å². The molecule has 5 aromatic rings. The molecule has 9 nitrogen and oxygen atoms in total. The lowest BCUT2D eigenvalue weighted by Crippen LogP contribution is -2.34. The first-order chi connectivity index (χ1) is 16.2. The maximum atomic E-state index is 12.5. The topological polar surface area (TPSA) is 97.6 Å². The van der Waals surface area contributed by atoms with Gasteiger partial charge in [-0.3, -0.25) is 0 Å². The quantitative estimate of drug-likeness (QED) is 0.428. The predicted octanol–water partition coefficient (Wildman–Crippen LogP) is 3.46. The van der Waals surface area contributed by atoms with Gasteiger partial charge in [-0.1, -0.05) is 30.3 Å². The summed E-state index contributed by atoms with van der Waals surface area (Å²) in [6.45, 7) is 1.84. The van der Waals surface area contributed by atoms with Crippen LogP contribution in [0, 0.1) is 0 Å². The molecular weight excluding hydrogens is 420 g/mol. The van der Waals surface area contributed by atoms with Gasteiger partial charge in [0.25, 0.3) is 0 Å². The summed E-state index contributed by atoms with van der Waals surface area (Å²) in [4.78, 5) is 27.1. The van der Waals surface area contributed by atoms with Crippen molar-refractivity contribution in [2.45, 2.75) is 6.54 Å². The van der Waals surface area contributed by atoms with Gasteiger partial charge >= 0.3 is 5.97 Å². The summed E-state index contributed by atoms with van der Waals surface area (Å²) in [6, 6.07) is 14.1. The first-order valence-electron chi connectivity index (χ1n) is 10.6. The van der Waals surface area contributed by atoms with Crippen LogP contribution in [-0.4, -0.2) is 50.8 Å². The number of hydrogen-bond donors (Lipinski definition) is 1. The lowest BCUT2D eigenvalue weighted by molar-refractivity contribution is 0.0602. The van der Waals surface area contributed by atoms with Crippen molar-refractivity contribution in [3.05, 3.63) is 72.2 Å². The average molecular weight is 440 g/mol. The van der Waals surface area contributed by atoms with Crippen LogP contribution in [0.5, 0.6) is 5.75 Å². The number of nitrogens with one attached hydrogen (secondary N) is 1. The van der Waals surface area contributed by atoms with E-state index in [4.69, 9.17) is 14.5 Å². The van der Waals surface area contributed by atoms with E-state index < -0.39 is 5.97 Å². The van der Waals surface area contributed by atoms with Gasteiger partial charge in [-0.05, 0) is 17.7 Å². The fourth-order valence-corrected chi connectivity index (χ4v) is 4.28. The second-order valence-electron chi connectivity index (χ2n) is 7.76. The molecule has 4 aromatic heterocycles. The maximum Gasteiger partial charge on any atom is 0.343 e. The summed E-state index contributed by atoms with van der Waals surface area (Å²) in [5.74, 6) is 0.878. The number of H-pyrrole nitrogens is 1. The molecule has 0 aliphatic carbocycles. The number of aromatic amines is 1. The van der Waals surface area contributed by atoms with E-state index in [1.165, 1.54) is 13.3 Å². The highest BCUT2D eigenvalue weighted by Gasteiger charge is 2.30. The molecule has 6 rings (SSSR count). The van der Waals surface area contributed by atoms with Gasteiger partial charge in [0, 0.05) is 29.9 Å². The van der Waals surface area contributed by atoms with Crippen molar-refractivity contribution in [2.24, 2.45) is 0 Å². The minimum atomic E-state index is -0.490. The molecule has 0 fully saturated rings. The standard InChI is InChI=1S/C24H20N6O3/c1-32-24(31)18-13-27-30-22(18)28-19(17-12-26-21-16(17)8-5-9-25-21)20-23(30)29(10-11-33-20)14-15-6-3-2-4-7-15/h2-9,12-13H,10-11,14H2,1H3,(H,25,26). The van der Waals surface area contributed by atoms with Crippen LogP contribution in [0.1, 0.15) is 15.9 Å². The number of ether oxygens (including phenoxy) is 2. The third-order valence-corrected chi connectivity index (χ3v) is 5.82. The highest BCUT2D eigenvalue weighted by Crippen LogP contribution is 2.42. The van der Waals surface area contributed by atoms with Crippen molar-refractivity contribution in [2.75, 3.05) is 25.2 Å². The average Bonchev–Trinajstić information content (AvgIpc) is 3.48. The molecule has 1 aromatic carbocycles. The first-order valence-corrected chi connectivity index (χ1v) is 10.6. The summed E-state index contributed by atoms with van der Waals surface area (Å²) in [7, 11) is 1.35. The van der Waals surface area contributed by atoms with E-state index in [9.17, 15) is 4.79 Å². The molecule has 0 bridgehead atoms. The monoisotopic (exact) mass is 440 g/mol. The SMILES string of the molecule is COC(=O)c1cnn2c3c(c(-c4c[nH]c5ncccc45)nc12)OCCN3Cc1ccccc1. The van der Waals surface area contributed by atoms with Crippen LogP contribution < -0.4 is 9.64 Å². The maximum absolute atomic E-state index is 12.5. The zero-order valence-corrected chi connectivity index (χ0v) is 17.9. The van der Waals surface area contributed by atoms with E-state index in [2.05, 4.69) is 32.1 Å². The van der Waals surface area contributed by atoms with Crippen LogP contribution in [0.15, 0.2) is 61.1 Å². The minimum Gasteiger partial charge on any atom is -0.486 e. The summed E-state index contributed by atoms with van der Waals surface area (Å²) in [6.07, 6.45) is 5.09. The number of carbonyl (C=O) groups excluding carboxylic acids is 1. The van der Waals surface area contributed by atoms with E-state index >= 15 is 0 Å². The fourth-order valence-electron chi connectivity index (χ4n) is 4.28. The second kappa shape index (κ2) is 7.63. The number of methoxy groups -OCH3 is 1. The Balaban J connectivity index is 1.62. The van der Waals surface area contributed by atoms with Crippen molar-refractivity contribution in [1.29, 1.82) is 0 Å².